The van der Waals surface area contributed by atoms with Gasteiger partial charge in [-0.2, -0.15) is 0 Å². The van der Waals surface area contributed by atoms with Crippen molar-refractivity contribution in [3.63, 3.8) is 0 Å². The molecule has 1 aromatic carbocycles. The molecule has 1 aliphatic rings. The van der Waals surface area contributed by atoms with Gasteiger partial charge in [0.2, 0.25) is 5.91 Å². The van der Waals surface area contributed by atoms with Crippen LogP contribution >= 0.6 is 0 Å². The van der Waals surface area contributed by atoms with Crippen LogP contribution in [-0.4, -0.2) is 19.0 Å². The Morgan fingerprint density at radius 1 is 1.41 bits per heavy atom. The highest BCUT2D eigenvalue weighted by Crippen LogP contribution is 2.26. The second-order valence-electron chi connectivity index (χ2n) is 6.95. The van der Waals surface area contributed by atoms with Gasteiger partial charge in [0.15, 0.2) is 0 Å². The molecule has 4 heteroatoms. The third-order valence-electron chi connectivity index (χ3n) is 4.69. The largest absolute Gasteiger partial charge is 0.347 e. The molecule has 1 saturated heterocycles. The number of hydrogen-bond donors (Lipinski definition) is 2. The molecule has 0 spiro atoms. The van der Waals surface area contributed by atoms with Crippen LogP contribution in [0, 0.1) is 17.7 Å². The first-order chi connectivity index (χ1) is 10.4. The maximum Gasteiger partial charge on any atom is 0.220 e. The predicted octanol–water partition coefficient (Wildman–Crippen LogP) is 3.20. The average Bonchev–Trinajstić information content (AvgIpc) is 2.47. The maximum absolute atomic E-state index is 13.4. The van der Waals surface area contributed by atoms with Crippen LogP contribution in [0.3, 0.4) is 0 Å². The summed E-state index contributed by atoms with van der Waals surface area (Å²) in [6.07, 6.45) is 2.81. The molecule has 0 aromatic heterocycles. The van der Waals surface area contributed by atoms with Gasteiger partial charge >= 0.3 is 0 Å². The predicted molar refractivity (Wildman–Crippen MR) is 86.9 cm³/mol. The monoisotopic (exact) mass is 306 g/mol. The summed E-state index contributed by atoms with van der Waals surface area (Å²) in [4.78, 5) is 12.3. The Labute approximate surface area is 132 Å². The molecular weight excluding hydrogens is 279 g/mol. The minimum Gasteiger partial charge on any atom is -0.347 e. The van der Waals surface area contributed by atoms with Crippen molar-refractivity contribution in [3.05, 3.63) is 35.6 Å². The minimum atomic E-state index is -0.562. The van der Waals surface area contributed by atoms with Crippen LogP contribution < -0.4 is 10.6 Å². The van der Waals surface area contributed by atoms with Crippen LogP contribution in [0.5, 0.6) is 0 Å². The molecule has 2 N–H and O–H groups in total. The third kappa shape index (κ3) is 4.54. The van der Waals surface area contributed by atoms with Crippen LogP contribution in [0.25, 0.3) is 0 Å². The lowest BCUT2D eigenvalue weighted by atomic mass is 9.83. The van der Waals surface area contributed by atoms with Crippen LogP contribution in [0.1, 0.15) is 45.6 Å². The topological polar surface area (TPSA) is 41.1 Å². The Bertz CT molecular complexity index is 510. The van der Waals surface area contributed by atoms with Gasteiger partial charge in [0, 0.05) is 6.42 Å². The van der Waals surface area contributed by atoms with Crippen molar-refractivity contribution in [2.45, 2.75) is 45.6 Å². The number of rotatable bonds is 5. The molecule has 0 bridgehead atoms. The lowest BCUT2D eigenvalue weighted by Gasteiger charge is -2.30. The van der Waals surface area contributed by atoms with E-state index in [9.17, 15) is 9.18 Å². The van der Waals surface area contributed by atoms with E-state index in [0.717, 1.165) is 31.5 Å². The fourth-order valence-electron chi connectivity index (χ4n) is 3.22. The van der Waals surface area contributed by atoms with Crippen molar-refractivity contribution in [2.24, 2.45) is 11.8 Å². The maximum atomic E-state index is 13.4. The fraction of sp³-hybridized carbons (Fsp3) is 0.611. The number of benzene rings is 1. The van der Waals surface area contributed by atoms with Crippen molar-refractivity contribution in [1.29, 1.82) is 0 Å². The highest BCUT2D eigenvalue weighted by atomic mass is 19.1. The highest BCUT2D eigenvalue weighted by Gasteiger charge is 2.26. The van der Waals surface area contributed by atoms with E-state index in [2.05, 4.69) is 17.6 Å². The molecule has 0 saturated carbocycles. The Morgan fingerprint density at radius 2 is 2.09 bits per heavy atom. The van der Waals surface area contributed by atoms with Gasteiger partial charge in [-0.25, -0.2) is 4.39 Å². The summed E-state index contributed by atoms with van der Waals surface area (Å²) in [5, 5.41) is 6.40. The van der Waals surface area contributed by atoms with Crippen molar-refractivity contribution < 1.29 is 9.18 Å². The van der Waals surface area contributed by atoms with Gasteiger partial charge in [0.25, 0.3) is 0 Å². The minimum absolute atomic E-state index is 0.0419. The molecule has 1 aromatic rings. The molecule has 122 valence electrons. The summed E-state index contributed by atoms with van der Waals surface area (Å²) < 4.78 is 13.4. The van der Waals surface area contributed by atoms with Crippen LogP contribution in [0.4, 0.5) is 4.39 Å². The average molecular weight is 306 g/mol. The van der Waals surface area contributed by atoms with Crippen molar-refractivity contribution in [1.82, 2.24) is 10.6 Å². The number of nitrogens with one attached hydrogen (secondary N) is 2. The second-order valence-corrected chi connectivity index (χ2v) is 6.95. The molecule has 1 fully saturated rings. The van der Waals surface area contributed by atoms with Crippen LogP contribution in [0.15, 0.2) is 24.3 Å². The molecule has 3 nitrogen and oxygen atoms in total. The summed E-state index contributed by atoms with van der Waals surface area (Å²) >= 11 is 0. The molecule has 1 unspecified atom stereocenters. The Balaban J connectivity index is 1.92. The van der Waals surface area contributed by atoms with E-state index in [4.69, 9.17) is 0 Å². The number of amides is 1. The normalized spacial score (nSPS) is 18.0. The van der Waals surface area contributed by atoms with Gasteiger partial charge < -0.3 is 10.6 Å². The van der Waals surface area contributed by atoms with E-state index in [1.165, 1.54) is 12.1 Å². The fourth-order valence-corrected chi connectivity index (χ4v) is 3.22. The molecule has 2 rings (SSSR count). The second kappa shape index (κ2) is 7.23. The number of carbonyl (C=O) groups excluding carboxylic acids is 1. The van der Waals surface area contributed by atoms with Gasteiger partial charge in [0.05, 0.1) is 5.54 Å². The zero-order chi connectivity index (χ0) is 16.2. The van der Waals surface area contributed by atoms with Crippen molar-refractivity contribution >= 4 is 5.91 Å². The number of piperidine rings is 1. The zero-order valence-electron chi connectivity index (χ0n) is 13.8. The first kappa shape index (κ1) is 16.9. The number of halogens is 1. The molecule has 22 heavy (non-hydrogen) atoms. The summed E-state index contributed by atoms with van der Waals surface area (Å²) in [6.45, 7) is 8.07. The molecule has 0 aliphatic carbocycles. The summed E-state index contributed by atoms with van der Waals surface area (Å²) in [5.74, 6) is 0.762. The Hall–Kier alpha value is -1.42. The van der Waals surface area contributed by atoms with E-state index >= 15 is 0 Å². The Kier molecular flexibility index (Phi) is 5.57. The van der Waals surface area contributed by atoms with Gasteiger partial charge in [0.1, 0.15) is 5.82 Å². The summed E-state index contributed by atoms with van der Waals surface area (Å²) in [5.41, 5.74) is 0.225. The Morgan fingerprint density at radius 3 is 2.73 bits per heavy atom. The quantitative estimate of drug-likeness (QED) is 0.877. The van der Waals surface area contributed by atoms with E-state index in [-0.39, 0.29) is 11.7 Å². The SMILES string of the molecule is CC(CC(=O)NC(C)(C)c1cccc(F)c1)C1CCNCC1. The van der Waals surface area contributed by atoms with Crippen molar-refractivity contribution in [3.8, 4) is 0 Å². The van der Waals surface area contributed by atoms with Crippen molar-refractivity contribution in [2.75, 3.05) is 13.1 Å². The smallest absolute Gasteiger partial charge is 0.220 e. The summed E-state index contributed by atoms with van der Waals surface area (Å²) in [6, 6.07) is 6.42. The van der Waals surface area contributed by atoms with Gasteiger partial charge in [-0.15, -0.1) is 0 Å². The molecular formula is C18H27FN2O. The van der Waals surface area contributed by atoms with E-state index in [1.807, 2.05) is 19.9 Å². The number of carbonyl (C=O) groups is 1. The van der Waals surface area contributed by atoms with Crippen LogP contribution in [-0.2, 0) is 10.3 Å². The van der Waals surface area contributed by atoms with Gasteiger partial charge in [-0.3, -0.25) is 4.79 Å². The molecule has 0 radical (unpaired) electrons. The molecule has 1 amide bonds. The first-order valence-corrected chi connectivity index (χ1v) is 8.16. The lowest BCUT2D eigenvalue weighted by Crippen LogP contribution is -2.42. The summed E-state index contributed by atoms with van der Waals surface area (Å²) in [7, 11) is 0. The van der Waals surface area contributed by atoms with Gasteiger partial charge in [-0.1, -0.05) is 19.1 Å². The molecule has 1 atom stereocenters. The standard InChI is InChI=1S/C18H27FN2O/c1-13(14-7-9-20-10-8-14)11-17(22)21-18(2,3)15-5-4-6-16(19)12-15/h4-6,12-14,20H,7-11H2,1-3H3,(H,21,22). The van der Waals surface area contributed by atoms with E-state index in [0.29, 0.717) is 18.3 Å². The van der Waals surface area contributed by atoms with E-state index in [1.54, 1.807) is 6.07 Å². The zero-order valence-corrected chi connectivity index (χ0v) is 13.8. The van der Waals surface area contributed by atoms with Crippen LogP contribution in [0.2, 0.25) is 0 Å². The molecule has 1 heterocycles. The third-order valence-corrected chi connectivity index (χ3v) is 4.69. The first-order valence-electron chi connectivity index (χ1n) is 8.16. The van der Waals surface area contributed by atoms with Gasteiger partial charge in [-0.05, 0) is 69.3 Å². The lowest BCUT2D eigenvalue weighted by molar-refractivity contribution is -0.124. The highest BCUT2D eigenvalue weighted by molar-refractivity contribution is 5.77. The number of hydrogen-bond acceptors (Lipinski definition) is 2. The van der Waals surface area contributed by atoms with E-state index < -0.39 is 5.54 Å². The molecule has 1 aliphatic heterocycles.